The zero-order valence-electron chi connectivity index (χ0n) is 14.4. The van der Waals surface area contributed by atoms with E-state index < -0.39 is 5.41 Å². The van der Waals surface area contributed by atoms with Gasteiger partial charge in [-0.2, -0.15) is 0 Å². The highest BCUT2D eigenvalue weighted by Gasteiger charge is 2.40. The maximum Gasteiger partial charge on any atom is 0.229 e. The van der Waals surface area contributed by atoms with Crippen LogP contribution in [0.1, 0.15) is 31.4 Å². The summed E-state index contributed by atoms with van der Waals surface area (Å²) in [6.45, 7) is 5.26. The molecule has 2 aliphatic heterocycles. The molecular formula is C18H26N2O4. The van der Waals surface area contributed by atoms with Crippen molar-refractivity contribution in [1.29, 1.82) is 0 Å². The second-order valence-electron chi connectivity index (χ2n) is 6.56. The Kier molecular flexibility index (Phi) is 5.26. The largest absolute Gasteiger partial charge is 0.486 e. The van der Waals surface area contributed by atoms with Crippen LogP contribution in [0, 0.1) is 5.41 Å². The predicted molar refractivity (Wildman–Crippen MR) is 90.4 cm³/mol. The first kappa shape index (κ1) is 17.0. The van der Waals surface area contributed by atoms with Crippen LogP contribution in [0.15, 0.2) is 18.2 Å². The fourth-order valence-electron chi connectivity index (χ4n) is 3.38. The van der Waals surface area contributed by atoms with Gasteiger partial charge >= 0.3 is 0 Å². The highest BCUT2D eigenvalue weighted by molar-refractivity contribution is 5.83. The van der Waals surface area contributed by atoms with Crippen LogP contribution in [0.2, 0.25) is 0 Å². The SMILES string of the molecule is COCC1(C(=O)NC(C)c2ccc3c(c2)OCCO3)CCNCC1. The van der Waals surface area contributed by atoms with Crippen LogP contribution in [-0.2, 0) is 9.53 Å². The molecule has 24 heavy (non-hydrogen) atoms. The predicted octanol–water partition coefficient (Wildman–Crippen LogP) is 1.65. The van der Waals surface area contributed by atoms with Crippen molar-refractivity contribution in [2.75, 3.05) is 40.0 Å². The van der Waals surface area contributed by atoms with Crippen molar-refractivity contribution in [3.05, 3.63) is 23.8 Å². The number of carbonyl (C=O) groups is 1. The smallest absolute Gasteiger partial charge is 0.229 e. The molecule has 6 heteroatoms. The molecule has 3 rings (SSSR count). The lowest BCUT2D eigenvalue weighted by atomic mass is 9.78. The summed E-state index contributed by atoms with van der Waals surface area (Å²) in [5.41, 5.74) is 0.566. The number of piperidine rings is 1. The Labute approximate surface area is 142 Å². The van der Waals surface area contributed by atoms with Gasteiger partial charge in [-0.05, 0) is 50.6 Å². The molecule has 0 bridgehead atoms. The molecule has 1 unspecified atom stereocenters. The van der Waals surface area contributed by atoms with Crippen LogP contribution in [-0.4, -0.2) is 45.9 Å². The molecule has 1 aromatic rings. The molecule has 0 spiro atoms. The van der Waals surface area contributed by atoms with Gasteiger partial charge in [0.2, 0.25) is 5.91 Å². The van der Waals surface area contributed by atoms with E-state index in [2.05, 4.69) is 10.6 Å². The van der Waals surface area contributed by atoms with E-state index in [0.29, 0.717) is 19.8 Å². The molecule has 1 amide bonds. The number of amides is 1. The molecule has 1 aromatic carbocycles. The minimum atomic E-state index is -0.442. The molecule has 0 saturated carbocycles. The molecule has 0 aromatic heterocycles. The third kappa shape index (κ3) is 3.49. The summed E-state index contributed by atoms with van der Waals surface area (Å²) in [5, 5.41) is 6.46. The maximum absolute atomic E-state index is 12.9. The molecule has 1 fully saturated rings. The molecule has 0 radical (unpaired) electrons. The normalized spacial score (nSPS) is 20.2. The molecule has 2 heterocycles. The lowest BCUT2D eigenvalue weighted by Crippen LogP contribution is -2.50. The van der Waals surface area contributed by atoms with Crippen LogP contribution in [0.3, 0.4) is 0 Å². The Balaban J connectivity index is 1.71. The van der Waals surface area contributed by atoms with Gasteiger partial charge in [0.25, 0.3) is 0 Å². The van der Waals surface area contributed by atoms with E-state index in [1.54, 1.807) is 7.11 Å². The van der Waals surface area contributed by atoms with Gasteiger partial charge in [0.1, 0.15) is 13.2 Å². The van der Waals surface area contributed by atoms with Crippen LogP contribution in [0.25, 0.3) is 0 Å². The first-order valence-electron chi connectivity index (χ1n) is 8.55. The number of nitrogens with one attached hydrogen (secondary N) is 2. The summed E-state index contributed by atoms with van der Waals surface area (Å²) >= 11 is 0. The fraction of sp³-hybridized carbons (Fsp3) is 0.611. The Hall–Kier alpha value is -1.79. The number of fused-ring (bicyclic) bond motifs is 1. The lowest BCUT2D eigenvalue weighted by Gasteiger charge is -2.36. The van der Waals surface area contributed by atoms with Gasteiger partial charge in [-0.25, -0.2) is 0 Å². The average Bonchev–Trinajstić information content (AvgIpc) is 2.62. The summed E-state index contributed by atoms with van der Waals surface area (Å²) in [7, 11) is 1.65. The number of benzene rings is 1. The average molecular weight is 334 g/mol. The van der Waals surface area contributed by atoms with E-state index >= 15 is 0 Å². The van der Waals surface area contributed by atoms with Crippen LogP contribution >= 0.6 is 0 Å². The molecule has 6 nitrogen and oxygen atoms in total. The number of methoxy groups -OCH3 is 1. The minimum Gasteiger partial charge on any atom is -0.486 e. The van der Waals surface area contributed by atoms with E-state index in [9.17, 15) is 4.79 Å². The first-order chi connectivity index (χ1) is 11.6. The zero-order chi connectivity index (χ0) is 17.0. The second kappa shape index (κ2) is 7.40. The summed E-state index contributed by atoms with van der Waals surface area (Å²) in [4.78, 5) is 12.9. The van der Waals surface area contributed by atoms with E-state index in [1.807, 2.05) is 25.1 Å². The number of rotatable bonds is 5. The van der Waals surface area contributed by atoms with Gasteiger partial charge in [0.05, 0.1) is 18.1 Å². The Morgan fingerprint density at radius 1 is 1.29 bits per heavy atom. The quantitative estimate of drug-likeness (QED) is 0.857. The van der Waals surface area contributed by atoms with Crippen LogP contribution in [0.4, 0.5) is 0 Å². The molecule has 2 aliphatic rings. The Morgan fingerprint density at radius 3 is 2.71 bits per heavy atom. The molecule has 1 atom stereocenters. The van der Waals surface area contributed by atoms with Crippen LogP contribution < -0.4 is 20.1 Å². The zero-order valence-corrected chi connectivity index (χ0v) is 14.4. The highest BCUT2D eigenvalue weighted by atomic mass is 16.6. The van der Waals surface area contributed by atoms with Crippen molar-refractivity contribution in [1.82, 2.24) is 10.6 Å². The third-order valence-corrected chi connectivity index (χ3v) is 4.88. The maximum atomic E-state index is 12.9. The Morgan fingerprint density at radius 2 is 2.00 bits per heavy atom. The molecule has 1 saturated heterocycles. The summed E-state index contributed by atoms with van der Waals surface area (Å²) in [6.07, 6.45) is 1.58. The van der Waals surface area contributed by atoms with Crippen molar-refractivity contribution in [2.45, 2.75) is 25.8 Å². The molecule has 2 N–H and O–H groups in total. The summed E-state index contributed by atoms with van der Waals surface area (Å²) < 4.78 is 16.5. The first-order valence-corrected chi connectivity index (χ1v) is 8.55. The van der Waals surface area contributed by atoms with Gasteiger partial charge in [-0.1, -0.05) is 6.07 Å². The second-order valence-corrected chi connectivity index (χ2v) is 6.56. The van der Waals surface area contributed by atoms with Crippen molar-refractivity contribution in [2.24, 2.45) is 5.41 Å². The number of hydrogen-bond acceptors (Lipinski definition) is 5. The minimum absolute atomic E-state index is 0.0632. The van der Waals surface area contributed by atoms with Crippen molar-refractivity contribution in [3.63, 3.8) is 0 Å². The van der Waals surface area contributed by atoms with Gasteiger partial charge in [-0.15, -0.1) is 0 Å². The number of hydrogen-bond donors (Lipinski definition) is 2. The van der Waals surface area contributed by atoms with Gasteiger partial charge in [-0.3, -0.25) is 4.79 Å². The molecule has 0 aliphatic carbocycles. The van der Waals surface area contributed by atoms with E-state index in [-0.39, 0.29) is 11.9 Å². The lowest BCUT2D eigenvalue weighted by molar-refractivity contribution is -0.136. The van der Waals surface area contributed by atoms with Gasteiger partial charge in [0.15, 0.2) is 11.5 Å². The van der Waals surface area contributed by atoms with Gasteiger partial charge < -0.3 is 24.8 Å². The van der Waals surface area contributed by atoms with Crippen LogP contribution in [0.5, 0.6) is 11.5 Å². The molecular weight excluding hydrogens is 308 g/mol. The number of carbonyl (C=O) groups excluding carboxylic acids is 1. The third-order valence-electron chi connectivity index (χ3n) is 4.88. The molecule has 132 valence electrons. The van der Waals surface area contributed by atoms with E-state index in [0.717, 1.165) is 43.0 Å². The fourth-order valence-corrected chi connectivity index (χ4v) is 3.38. The highest BCUT2D eigenvalue weighted by Crippen LogP contribution is 2.34. The number of ether oxygens (including phenoxy) is 3. The van der Waals surface area contributed by atoms with Crippen molar-refractivity contribution >= 4 is 5.91 Å². The Bertz CT molecular complexity index is 579. The topological polar surface area (TPSA) is 68.8 Å². The standard InChI is InChI=1S/C18H26N2O4/c1-13(14-3-4-15-16(11-14)24-10-9-23-15)20-17(21)18(12-22-2)5-7-19-8-6-18/h3-4,11,13,19H,5-10,12H2,1-2H3,(H,20,21). The van der Waals surface area contributed by atoms with E-state index in [4.69, 9.17) is 14.2 Å². The van der Waals surface area contributed by atoms with Crippen molar-refractivity contribution in [3.8, 4) is 11.5 Å². The summed E-state index contributed by atoms with van der Waals surface area (Å²) in [6, 6.07) is 5.73. The van der Waals surface area contributed by atoms with Crippen molar-refractivity contribution < 1.29 is 19.0 Å². The summed E-state index contributed by atoms with van der Waals surface area (Å²) in [5.74, 6) is 1.57. The van der Waals surface area contributed by atoms with Gasteiger partial charge in [0, 0.05) is 7.11 Å². The monoisotopic (exact) mass is 334 g/mol. The van der Waals surface area contributed by atoms with E-state index in [1.165, 1.54) is 0 Å².